The fourth-order valence-electron chi connectivity index (χ4n) is 7.40. The van der Waals surface area contributed by atoms with E-state index >= 15 is 0 Å². The van der Waals surface area contributed by atoms with Crippen molar-refractivity contribution in [1.82, 2.24) is 9.64 Å². The third-order valence-corrected chi connectivity index (χ3v) is 11.2. The van der Waals surface area contributed by atoms with Gasteiger partial charge in [-0.2, -0.15) is 10.2 Å². The fourth-order valence-corrected chi connectivity index (χ4v) is 7.40. The monoisotopic (exact) mass is 885 g/mol. The van der Waals surface area contributed by atoms with Crippen LogP contribution in [0.2, 0.25) is 0 Å². The molecule has 0 radical (unpaired) electrons. The Morgan fingerprint density at radius 2 is 1.39 bits per heavy atom. The number of carbonyl (C=O) groups excluding carboxylic acids is 3. The highest BCUT2D eigenvalue weighted by atomic mass is 16.6. The summed E-state index contributed by atoms with van der Waals surface area (Å²) in [6, 6.07) is 18.1. The zero-order valence-electron chi connectivity index (χ0n) is 38.8. The van der Waals surface area contributed by atoms with Crippen LogP contribution < -0.4 is 15.0 Å². The van der Waals surface area contributed by atoms with Gasteiger partial charge in [-0.05, 0) is 119 Å². The van der Waals surface area contributed by atoms with Gasteiger partial charge in [-0.3, -0.25) is 29.3 Å². The van der Waals surface area contributed by atoms with Gasteiger partial charge in [-0.25, -0.2) is 0 Å². The van der Waals surface area contributed by atoms with E-state index in [1.807, 2.05) is 67.5 Å². The molecule has 4 rings (SSSR count). The van der Waals surface area contributed by atoms with E-state index in [0.29, 0.717) is 67.8 Å². The third-order valence-electron chi connectivity index (χ3n) is 11.2. The van der Waals surface area contributed by atoms with E-state index in [2.05, 4.69) is 10.2 Å². The summed E-state index contributed by atoms with van der Waals surface area (Å²) in [7, 11) is 1.34. The highest BCUT2D eigenvalue weighted by Gasteiger charge is 2.47. The Morgan fingerprint density at radius 3 is 1.89 bits per heavy atom. The molecular formula is C48H63N5O11. The van der Waals surface area contributed by atoms with Gasteiger partial charge in [0.15, 0.2) is 11.4 Å². The summed E-state index contributed by atoms with van der Waals surface area (Å²) in [5.41, 5.74) is -1.22. The lowest BCUT2D eigenvalue weighted by Gasteiger charge is -2.35. The van der Waals surface area contributed by atoms with E-state index in [1.165, 1.54) is 25.3 Å². The first-order valence-corrected chi connectivity index (χ1v) is 21.9. The molecule has 0 saturated carbocycles. The van der Waals surface area contributed by atoms with Crippen LogP contribution in [-0.2, 0) is 31.1 Å². The number of rotatable bonds is 23. The Kier molecular flexibility index (Phi) is 18.0. The van der Waals surface area contributed by atoms with Crippen molar-refractivity contribution in [2.75, 3.05) is 33.4 Å². The summed E-state index contributed by atoms with van der Waals surface area (Å²) in [4.78, 5) is 65.2. The second-order valence-corrected chi connectivity index (χ2v) is 17.1. The van der Waals surface area contributed by atoms with Gasteiger partial charge >= 0.3 is 11.9 Å². The first kappa shape index (κ1) is 50.3. The number of unbranched alkanes of at least 4 members (excludes halogenated alkanes) is 3. The zero-order valence-corrected chi connectivity index (χ0v) is 38.8. The molecule has 1 aromatic heterocycles. The van der Waals surface area contributed by atoms with E-state index in [-0.39, 0.29) is 41.2 Å². The molecule has 3 aromatic carbocycles. The maximum atomic E-state index is 13.8. The number of esters is 2. The molecule has 16 heteroatoms. The lowest BCUT2D eigenvalue weighted by molar-refractivity contribution is -0.384. The summed E-state index contributed by atoms with van der Waals surface area (Å²) in [6.07, 6.45) is 3.79. The lowest BCUT2D eigenvalue weighted by atomic mass is 9.69. The number of amides is 1. The van der Waals surface area contributed by atoms with Crippen LogP contribution in [0.25, 0.3) is 5.69 Å². The van der Waals surface area contributed by atoms with Crippen LogP contribution >= 0.6 is 0 Å². The number of nitro benzene ring substituents is 1. The third kappa shape index (κ3) is 12.7. The average molecular weight is 886 g/mol. The topological polar surface area (TPSA) is 194 Å². The molecule has 0 bridgehead atoms. The smallest absolute Gasteiger partial charge is 0.312 e. The van der Waals surface area contributed by atoms with E-state index in [0.717, 1.165) is 24.0 Å². The molecule has 0 spiro atoms. The Balaban J connectivity index is 1.27. The lowest BCUT2D eigenvalue weighted by Crippen LogP contribution is -2.44. The second-order valence-electron chi connectivity index (χ2n) is 17.1. The first-order chi connectivity index (χ1) is 30.4. The number of carbonyl (C=O) groups is 3. The number of hydrogen-bond donors (Lipinski definition) is 0. The number of ether oxygens (including phenoxy) is 4. The van der Waals surface area contributed by atoms with Crippen LogP contribution in [0.1, 0.15) is 116 Å². The number of azo groups is 1. The molecule has 4 aromatic rings. The molecule has 0 aliphatic heterocycles. The van der Waals surface area contributed by atoms with E-state index in [1.54, 1.807) is 48.2 Å². The van der Waals surface area contributed by atoms with Crippen LogP contribution in [0.3, 0.4) is 0 Å². The standard InChI is InChI=1S/C48H63N5O11/c1-11-48(9,41(32(4)5)45(56)60-10)46(57)62-29-17-15-14-16-28-61-36-23-19-34(20-24-36)49-50-35-21-25-37(26-22-35)63-31-38-42(47(6,7)8)64-52(44(38)55)39-27-18-33(30-40(39)53(58)59)43(54)51(12-2)13-3/h18-27,30,32,41H,11-17,28-29,31H2,1-10H3. The number of hydrogen-bond acceptors (Lipinski definition) is 13. The molecule has 2 unspecified atom stereocenters. The molecule has 16 nitrogen and oxygen atoms in total. The maximum absolute atomic E-state index is 13.8. The summed E-state index contributed by atoms with van der Waals surface area (Å²) in [5, 5.41) is 20.8. The predicted octanol–water partition coefficient (Wildman–Crippen LogP) is 10.5. The van der Waals surface area contributed by atoms with Crippen LogP contribution in [0, 0.1) is 27.4 Å². The van der Waals surface area contributed by atoms with Crippen molar-refractivity contribution in [3.05, 3.63) is 104 Å². The molecule has 64 heavy (non-hydrogen) atoms. The van der Waals surface area contributed by atoms with Gasteiger partial charge in [0.05, 0.1) is 53.5 Å². The first-order valence-electron chi connectivity index (χ1n) is 21.9. The van der Waals surface area contributed by atoms with Crippen LogP contribution in [0.15, 0.2) is 86.3 Å². The van der Waals surface area contributed by atoms with Gasteiger partial charge in [0.1, 0.15) is 18.1 Å². The van der Waals surface area contributed by atoms with Crippen LogP contribution in [0.4, 0.5) is 17.1 Å². The molecule has 346 valence electrons. The SMILES string of the molecule is CCN(CC)C(=O)c1ccc(-n2oc(C(C)(C)C)c(COc3ccc(N=Nc4ccc(OCCCCCCOC(=O)C(C)(CC)C(C(=O)OC)C(C)C)cc4)cc3)c2=O)c([N+](=O)[O-])c1. The number of nitrogens with zero attached hydrogens (tertiary/aromatic N) is 5. The normalized spacial score (nSPS) is 13.0. The Bertz CT molecular complexity index is 2290. The molecule has 1 heterocycles. The van der Waals surface area contributed by atoms with Gasteiger partial charge < -0.3 is 28.4 Å². The molecule has 0 aliphatic carbocycles. The van der Waals surface area contributed by atoms with Gasteiger partial charge in [0.2, 0.25) is 0 Å². The van der Waals surface area contributed by atoms with Crippen LogP contribution in [0.5, 0.6) is 11.5 Å². The van der Waals surface area contributed by atoms with Gasteiger partial charge in [0, 0.05) is 30.1 Å². The number of methoxy groups -OCH3 is 1. The highest BCUT2D eigenvalue weighted by molar-refractivity contribution is 5.95. The molecule has 1 amide bonds. The quantitative estimate of drug-likeness (QED) is 0.0226. The predicted molar refractivity (Wildman–Crippen MR) is 242 cm³/mol. The van der Waals surface area contributed by atoms with Crippen LogP contribution in [-0.4, -0.2) is 65.8 Å². The molecule has 0 N–H and O–H groups in total. The van der Waals surface area contributed by atoms with Crippen molar-refractivity contribution < 1.29 is 42.8 Å². The zero-order chi connectivity index (χ0) is 47.2. The number of aromatic nitrogens is 1. The van der Waals surface area contributed by atoms with Gasteiger partial charge in [-0.1, -0.05) is 41.5 Å². The fraction of sp³-hybridized carbons (Fsp3) is 0.500. The second kappa shape index (κ2) is 22.9. The average Bonchev–Trinajstić information content (AvgIpc) is 3.62. The van der Waals surface area contributed by atoms with Crippen molar-refractivity contribution in [3.63, 3.8) is 0 Å². The van der Waals surface area contributed by atoms with E-state index < -0.39 is 38.9 Å². The summed E-state index contributed by atoms with van der Waals surface area (Å²) >= 11 is 0. The summed E-state index contributed by atoms with van der Waals surface area (Å²) < 4.78 is 29.4. The minimum atomic E-state index is -0.948. The number of benzene rings is 3. The van der Waals surface area contributed by atoms with Gasteiger partial charge in [0.25, 0.3) is 17.2 Å². The van der Waals surface area contributed by atoms with Crippen molar-refractivity contribution in [2.45, 2.75) is 106 Å². The van der Waals surface area contributed by atoms with Crippen molar-refractivity contribution in [3.8, 4) is 17.2 Å². The minimum absolute atomic E-state index is 0.0661. The molecule has 0 aliphatic rings. The highest BCUT2D eigenvalue weighted by Crippen LogP contribution is 2.39. The Morgan fingerprint density at radius 1 is 0.828 bits per heavy atom. The summed E-state index contributed by atoms with van der Waals surface area (Å²) in [6.45, 7) is 18.2. The van der Waals surface area contributed by atoms with Crippen molar-refractivity contribution in [2.24, 2.45) is 27.5 Å². The number of nitro groups is 1. The molecule has 0 fully saturated rings. The van der Waals surface area contributed by atoms with E-state index in [4.69, 9.17) is 23.5 Å². The Labute approximate surface area is 375 Å². The van der Waals surface area contributed by atoms with Crippen molar-refractivity contribution >= 4 is 34.9 Å². The molecule has 0 saturated heterocycles. The molecular weight excluding hydrogens is 823 g/mol. The minimum Gasteiger partial charge on any atom is -0.494 e. The van der Waals surface area contributed by atoms with E-state index in [9.17, 15) is 29.3 Å². The van der Waals surface area contributed by atoms with Crippen molar-refractivity contribution in [1.29, 1.82) is 0 Å². The Hall–Kier alpha value is -6.32. The van der Waals surface area contributed by atoms with Gasteiger partial charge in [-0.15, -0.1) is 4.74 Å². The largest absolute Gasteiger partial charge is 0.494 e. The maximum Gasteiger partial charge on any atom is 0.312 e. The molecule has 2 atom stereocenters. The summed E-state index contributed by atoms with van der Waals surface area (Å²) in [5.74, 6) is -0.295.